The van der Waals surface area contributed by atoms with Gasteiger partial charge in [-0.05, 0) is 32.6 Å². The molecule has 1 aliphatic rings. The Morgan fingerprint density at radius 2 is 2.17 bits per heavy atom. The maximum atomic E-state index is 12.2. The lowest BCUT2D eigenvalue weighted by molar-refractivity contribution is -0.157. The van der Waals surface area contributed by atoms with E-state index in [2.05, 4.69) is 0 Å². The van der Waals surface area contributed by atoms with Gasteiger partial charge in [0.2, 0.25) is 5.91 Å². The van der Waals surface area contributed by atoms with Gasteiger partial charge in [0, 0.05) is 19.0 Å². The standard InChI is InChI=1S/C13H24N2O3/c1-3-7-13(12(17)18)8-4-9-15(13)11(16)6-5-10(2)14/h10H,3-9,14H2,1-2H3,(H,17,18). The molecule has 0 bridgehead atoms. The molecule has 0 saturated carbocycles. The zero-order chi connectivity index (χ0) is 13.8. The zero-order valence-electron chi connectivity index (χ0n) is 11.3. The Kier molecular flexibility index (Phi) is 5.14. The number of aliphatic carboxylic acids is 1. The summed E-state index contributed by atoms with van der Waals surface area (Å²) in [5.41, 5.74) is 4.67. The lowest BCUT2D eigenvalue weighted by Crippen LogP contribution is -2.53. The third-order valence-corrected chi connectivity index (χ3v) is 3.67. The monoisotopic (exact) mass is 256 g/mol. The molecule has 0 aromatic rings. The van der Waals surface area contributed by atoms with Gasteiger partial charge in [-0.25, -0.2) is 4.79 Å². The maximum absolute atomic E-state index is 12.2. The highest BCUT2D eigenvalue weighted by molar-refractivity contribution is 5.87. The summed E-state index contributed by atoms with van der Waals surface area (Å²) in [5, 5.41) is 9.47. The largest absolute Gasteiger partial charge is 0.479 e. The smallest absolute Gasteiger partial charge is 0.329 e. The second kappa shape index (κ2) is 6.18. The van der Waals surface area contributed by atoms with Crippen LogP contribution in [0.2, 0.25) is 0 Å². The second-order valence-corrected chi connectivity index (χ2v) is 5.25. The van der Waals surface area contributed by atoms with Crippen LogP contribution in [-0.4, -0.2) is 40.0 Å². The Balaban J connectivity index is 2.78. The van der Waals surface area contributed by atoms with Crippen LogP contribution in [-0.2, 0) is 9.59 Å². The summed E-state index contributed by atoms with van der Waals surface area (Å²) in [5.74, 6) is -0.934. The lowest BCUT2D eigenvalue weighted by atomic mass is 9.90. The number of amides is 1. The Hall–Kier alpha value is -1.10. The fourth-order valence-corrected chi connectivity index (χ4v) is 2.73. The normalized spacial score (nSPS) is 25.2. The summed E-state index contributed by atoms with van der Waals surface area (Å²) < 4.78 is 0. The molecular formula is C13H24N2O3. The van der Waals surface area contributed by atoms with E-state index in [9.17, 15) is 14.7 Å². The summed E-state index contributed by atoms with van der Waals surface area (Å²) in [6, 6.07) is -0.0260. The summed E-state index contributed by atoms with van der Waals surface area (Å²) in [7, 11) is 0. The van der Waals surface area contributed by atoms with Gasteiger partial charge in [0.25, 0.3) is 0 Å². The minimum absolute atomic E-state index is 0.0260. The van der Waals surface area contributed by atoms with Gasteiger partial charge in [0.15, 0.2) is 0 Å². The average Bonchev–Trinajstić information content (AvgIpc) is 2.71. The highest BCUT2D eigenvalue weighted by Crippen LogP contribution is 2.34. The van der Waals surface area contributed by atoms with Gasteiger partial charge in [-0.3, -0.25) is 4.79 Å². The van der Waals surface area contributed by atoms with Crippen molar-refractivity contribution in [3.63, 3.8) is 0 Å². The quantitative estimate of drug-likeness (QED) is 0.751. The van der Waals surface area contributed by atoms with E-state index in [1.165, 1.54) is 0 Å². The van der Waals surface area contributed by atoms with E-state index in [0.29, 0.717) is 32.2 Å². The molecule has 1 heterocycles. The molecule has 5 heteroatoms. The number of rotatable bonds is 6. The van der Waals surface area contributed by atoms with E-state index in [0.717, 1.165) is 12.8 Å². The van der Waals surface area contributed by atoms with Gasteiger partial charge >= 0.3 is 5.97 Å². The third kappa shape index (κ3) is 3.02. The van der Waals surface area contributed by atoms with E-state index < -0.39 is 11.5 Å². The molecule has 5 nitrogen and oxygen atoms in total. The number of nitrogens with zero attached hydrogens (tertiary/aromatic N) is 1. The molecule has 2 unspecified atom stereocenters. The van der Waals surface area contributed by atoms with E-state index in [-0.39, 0.29) is 11.9 Å². The predicted octanol–water partition coefficient (Wildman–Crippen LogP) is 1.36. The number of carboxylic acid groups (broad SMARTS) is 1. The van der Waals surface area contributed by atoms with Crippen molar-refractivity contribution in [3.05, 3.63) is 0 Å². The summed E-state index contributed by atoms with van der Waals surface area (Å²) in [6.07, 6.45) is 3.60. The van der Waals surface area contributed by atoms with Gasteiger partial charge < -0.3 is 15.7 Å². The number of carbonyl (C=O) groups is 2. The average molecular weight is 256 g/mol. The molecule has 0 aliphatic carbocycles. The molecule has 0 aromatic carbocycles. The molecule has 1 aliphatic heterocycles. The second-order valence-electron chi connectivity index (χ2n) is 5.25. The first-order valence-electron chi connectivity index (χ1n) is 6.73. The van der Waals surface area contributed by atoms with Crippen LogP contribution in [0.25, 0.3) is 0 Å². The molecule has 0 radical (unpaired) electrons. The topological polar surface area (TPSA) is 83.6 Å². The third-order valence-electron chi connectivity index (χ3n) is 3.67. The molecule has 0 aromatic heterocycles. The van der Waals surface area contributed by atoms with Crippen molar-refractivity contribution in [2.75, 3.05) is 6.54 Å². The summed E-state index contributed by atoms with van der Waals surface area (Å²) in [4.78, 5) is 25.3. The summed E-state index contributed by atoms with van der Waals surface area (Å²) in [6.45, 7) is 4.37. The predicted molar refractivity (Wildman–Crippen MR) is 69.1 cm³/mol. The maximum Gasteiger partial charge on any atom is 0.329 e. The van der Waals surface area contributed by atoms with Crippen molar-refractivity contribution >= 4 is 11.9 Å². The number of hydrogen-bond acceptors (Lipinski definition) is 3. The molecule has 1 rings (SSSR count). The van der Waals surface area contributed by atoms with Crippen molar-refractivity contribution < 1.29 is 14.7 Å². The highest BCUT2D eigenvalue weighted by Gasteiger charge is 2.48. The highest BCUT2D eigenvalue weighted by atomic mass is 16.4. The van der Waals surface area contributed by atoms with Crippen LogP contribution in [0.3, 0.4) is 0 Å². The van der Waals surface area contributed by atoms with Crippen molar-refractivity contribution in [1.29, 1.82) is 0 Å². The van der Waals surface area contributed by atoms with Crippen molar-refractivity contribution in [3.8, 4) is 0 Å². The zero-order valence-corrected chi connectivity index (χ0v) is 11.3. The van der Waals surface area contributed by atoms with Crippen molar-refractivity contribution in [2.45, 2.75) is 64.0 Å². The molecular weight excluding hydrogens is 232 g/mol. The lowest BCUT2D eigenvalue weighted by Gasteiger charge is -2.35. The van der Waals surface area contributed by atoms with Gasteiger partial charge in [-0.2, -0.15) is 0 Å². The minimum Gasteiger partial charge on any atom is -0.479 e. The van der Waals surface area contributed by atoms with Crippen molar-refractivity contribution in [1.82, 2.24) is 4.90 Å². The van der Waals surface area contributed by atoms with Crippen LogP contribution < -0.4 is 5.73 Å². The van der Waals surface area contributed by atoms with Gasteiger partial charge in [0.05, 0.1) is 0 Å². The van der Waals surface area contributed by atoms with Crippen LogP contribution >= 0.6 is 0 Å². The fourth-order valence-electron chi connectivity index (χ4n) is 2.73. The van der Waals surface area contributed by atoms with Gasteiger partial charge in [-0.1, -0.05) is 13.3 Å². The van der Waals surface area contributed by atoms with E-state index >= 15 is 0 Å². The first-order chi connectivity index (χ1) is 8.44. The van der Waals surface area contributed by atoms with Gasteiger partial charge in [-0.15, -0.1) is 0 Å². The molecule has 3 N–H and O–H groups in total. The Bertz CT molecular complexity index is 317. The number of carboxylic acids is 1. The molecule has 104 valence electrons. The summed E-state index contributed by atoms with van der Waals surface area (Å²) >= 11 is 0. The van der Waals surface area contributed by atoms with Crippen LogP contribution in [0.1, 0.15) is 52.4 Å². The first-order valence-corrected chi connectivity index (χ1v) is 6.73. The van der Waals surface area contributed by atoms with Crippen LogP contribution in [0.5, 0.6) is 0 Å². The molecule has 18 heavy (non-hydrogen) atoms. The molecule has 0 spiro atoms. The number of carbonyl (C=O) groups excluding carboxylic acids is 1. The Morgan fingerprint density at radius 3 is 2.67 bits per heavy atom. The van der Waals surface area contributed by atoms with Crippen LogP contribution in [0.4, 0.5) is 0 Å². The van der Waals surface area contributed by atoms with E-state index in [1.54, 1.807) is 4.90 Å². The van der Waals surface area contributed by atoms with Crippen LogP contribution in [0.15, 0.2) is 0 Å². The van der Waals surface area contributed by atoms with Crippen LogP contribution in [0, 0.1) is 0 Å². The molecule has 2 atom stereocenters. The minimum atomic E-state index is -0.969. The number of hydrogen-bond donors (Lipinski definition) is 2. The molecule has 1 fully saturated rings. The fraction of sp³-hybridized carbons (Fsp3) is 0.846. The van der Waals surface area contributed by atoms with Gasteiger partial charge in [0.1, 0.15) is 5.54 Å². The van der Waals surface area contributed by atoms with E-state index in [4.69, 9.17) is 5.73 Å². The first kappa shape index (κ1) is 15.0. The number of likely N-dealkylation sites (tertiary alicyclic amines) is 1. The Labute approximate surface area is 108 Å². The number of nitrogens with two attached hydrogens (primary N) is 1. The molecule has 1 saturated heterocycles. The molecule has 1 amide bonds. The SMILES string of the molecule is CCCC1(C(=O)O)CCCN1C(=O)CCC(C)N. The van der Waals surface area contributed by atoms with E-state index in [1.807, 2.05) is 13.8 Å². The Morgan fingerprint density at radius 1 is 1.50 bits per heavy atom. The van der Waals surface area contributed by atoms with Crippen molar-refractivity contribution in [2.24, 2.45) is 5.73 Å².